The molecule has 0 bridgehead atoms. The number of carbonyl (C=O) groups excluding carboxylic acids is 1. The molecule has 0 aromatic heterocycles. The van der Waals surface area contributed by atoms with Crippen molar-refractivity contribution >= 4 is 26.0 Å². The number of hydrogen-bond donors (Lipinski definition) is 2. The lowest BCUT2D eigenvalue weighted by molar-refractivity contribution is 0.0981. The summed E-state index contributed by atoms with van der Waals surface area (Å²) in [6.45, 7) is 7.93. The summed E-state index contributed by atoms with van der Waals surface area (Å²) in [7, 11) is -8.83. The van der Waals surface area contributed by atoms with Gasteiger partial charge in [-0.05, 0) is 58.0 Å². The molecule has 10 heteroatoms. The van der Waals surface area contributed by atoms with Gasteiger partial charge in [0.1, 0.15) is 15.5 Å². The van der Waals surface area contributed by atoms with Gasteiger partial charge in [0.2, 0.25) is 10.0 Å². The maximum atomic E-state index is 12.7. The molecule has 0 aliphatic carbocycles. The van der Waals surface area contributed by atoms with Gasteiger partial charge in [0.15, 0.2) is 0 Å². The Kier molecular flexibility index (Phi) is 7.16. The highest BCUT2D eigenvalue weighted by molar-refractivity contribution is 7.92. The van der Waals surface area contributed by atoms with Crippen LogP contribution in [0.1, 0.15) is 43.6 Å². The molecule has 31 heavy (non-hydrogen) atoms. The molecule has 0 saturated heterocycles. The van der Waals surface area contributed by atoms with Crippen LogP contribution in [0.25, 0.3) is 0 Å². The molecule has 2 aromatic rings. The van der Waals surface area contributed by atoms with Crippen LogP contribution in [-0.4, -0.2) is 29.3 Å². The molecule has 0 spiro atoms. The summed E-state index contributed by atoms with van der Waals surface area (Å²) in [5, 5.41) is 5.09. The molecule has 0 radical (unpaired) electrons. The van der Waals surface area contributed by atoms with Gasteiger partial charge in [-0.1, -0.05) is 24.0 Å². The highest BCUT2D eigenvalue weighted by Crippen LogP contribution is 2.23. The predicted octanol–water partition coefficient (Wildman–Crippen LogP) is 2.25. The number of ether oxygens (including phenoxy) is 1. The van der Waals surface area contributed by atoms with Gasteiger partial charge in [-0.2, -0.15) is 0 Å². The van der Waals surface area contributed by atoms with Crippen molar-refractivity contribution in [1.29, 1.82) is 0 Å². The van der Waals surface area contributed by atoms with Crippen molar-refractivity contribution in [3.8, 4) is 17.6 Å². The summed E-state index contributed by atoms with van der Waals surface area (Å²) in [4.78, 5) is 11.4. The quantitative estimate of drug-likeness (QED) is 0.630. The van der Waals surface area contributed by atoms with E-state index in [2.05, 4.69) is 11.8 Å². The average Bonchev–Trinajstić information content (AvgIpc) is 2.65. The fourth-order valence-electron chi connectivity index (χ4n) is 2.44. The van der Waals surface area contributed by atoms with E-state index in [0.717, 1.165) is 12.1 Å². The second kappa shape index (κ2) is 9.09. The van der Waals surface area contributed by atoms with Crippen LogP contribution in [0.15, 0.2) is 52.3 Å². The Balaban J connectivity index is 2.42. The Morgan fingerprint density at radius 3 is 2.23 bits per heavy atom. The monoisotopic (exact) mass is 464 g/mol. The van der Waals surface area contributed by atoms with E-state index in [1.165, 1.54) is 24.3 Å². The zero-order chi connectivity index (χ0) is 23.4. The van der Waals surface area contributed by atoms with E-state index >= 15 is 0 Å². The number of nitrogens with one attached hydrogen (secondary N) is 1. The van der Waals surface area contributed by atoms with E-state index < -0.39 is 35.7 Å². The molecule has 2 aromatic carbocycles. The highest BCUT2D eigenvalue weighted by Gasteiger charge is 2.26. The van der Waals surface area contributed by atoms with Crippen LogP contribution < -0.4 is 14.6 Å². The first-order valence-electron chi connectivity index (χ1n) is 9.23. The molecule has 2 rings (SSSR count). The standard InChI is InChI=1S/C21H24N2O6S2/c1-5-29-17-14-16(11-10-15(17)12-13-21(2,3)4)20(24)23-31(27,28)19-9-7-6-8-18(19)30(22,25)26/h6-11,14H,5H2,1-4H3,(H,23,24)(H2,22,25,26). The van der Waals surface area contributed by atoms with Crippen molar-refractivity contribution in [3.63, 3.8) is 0 Å². The Morgan fingerprint density at radius 1 is 1.06 bits per heavy atom. The lowest BCUT2D eigenvalue weighted by atomic mass is 9.97. The normalized spacial score (nSPS) is 11.9. The van der Waals surface area contributed by atoms with Gasteiger partial charge >= 0.3 is 0 Å². The third-order valence-electron chi connectivity index (χ3n) is 3.79. The second-order valence-electron chi connectivity index (χ2n) is 7.57. The van der Waals surface area contributed by atoms with Crippen molar-refractivity contribution in [2.75, 3.05) is 6.61 Å². The summed E-state index contributed by atoms with van der Waals surface area (Å²) in [6, 6.07) is 9.09. The first-order valence-corrected chi connectivity index (χ1v) is 12.3. The molecule has 0 fully saturated rings. The molecule has 166 valence electrons. The third-order valence-corrected chi connectivity index (χ3v) is 6.28. The van der Waals surface area contributed by atoms with Crippen molar-refractivity contribution in [2.24, 2.45) is 10.6 Å². The summed E-state index contributed by atoms with van der Waals surface area (Å²) < 4.78 is 56.2. The Bertz CT molecular complexity index is 1260. The topological polar surface area (TPSA) is 133 Å². The Morgan fingerprint density at radius 2 is 1.68 bits per heavy atom. The van der Waals surface area contributed by atoms with E-state index in [0.29, 0.717) is 17.9 Å². The van der Waals surface area contributed by atoms with Crippen molar-refractivity contribution in [3.05, 3.63) is 53.6 Å². The molecule has 0 aliphatic heterocycles. The van der Waals surface area contributed by atoms with E-state index in [1.54, 1.807) is 13.0 Å². The summed E-state index contributed by atoms with van der Waals surface area (Å²) >= 11 is 0. The molecule has 8 nitrogen and oxygen atoms in total. The van der Waals surface area contributed by atoms with Gasteiger partial charge in [-0.3, -0.25) is 4.79 Å². The molecule has 0 unspecified atom stereocenters. The molecular formula is C21H24N2O6S2. The molecule has 1 amide bonds. The molecule has 0 aliphatic rings. The summed E-state index contributed by atoms with van der Waals surface area (Å²) in [6.07, 6.45) is 0. The maximum absolute atomic E-state index is 12.7. The van der Waals surface area contributed by atoms with Crippen LogP contribution in [0.2, 0.25) is 0 Å². The van der Waals surface area contributed by atoms with Crippen LogP contribution in [0.5, 0.6) is 5.75 Å². The summed E-state index contributed by atoms with van der Waals surface area (Å²) in [5.41, 5.74) is 0.307. The van der Waals surface area contributed by atoms with E-state index in [9.17, 15) is 21.6 Å². The first-order chi connectivity index (χ1) is 14.2. The van der Waals surface area contributed by atoms with Gasteiger partial charge < -0.3 is 4.74 Å². The maximum Gasteiger partial charge on any atom is 0.265 e. The largest absolute Gasteiger partial charge is 0.493 e. The smallest absolute Gasteiger partial charge is 0.265 e. The van der Waals surface area contributed by atoms with Gasteiger partial charge in [0.25, 0.3) is 15.9 Å². The number of primary sulfonamides is 1. The number of hydrogen-bond acceptors (Lipinski definition) is 6. The second-order valence-corrected chi connectivity index (χ2v) is 10.8. The summed E-state index contributed by atoms with van der Waals surface area (Å²) in [5.74, 6) is 5.44. The number of benzene rings is 2. The minimum atomic E-state index is -4.51. The minimum absolute atomic E-state index is 0.00132. The van der Waals surface area contributed by atoms with Gasteiger partial charge in [-0.25, -0.2) is 26.7 Å². The molecule has 0 saturated carbocycles. The average molecular weight is 465 g/mol. The van der Waals surface area contributed by atoms with Crippen molar-refractivity contribution < 1.29 is 26.4 Å². The zero-order valence-corrected chi connectivity index (χ0v) is 19.2. The van der Waals surface area contributed by atoms with Crippen LogP contribution in [0, 0.1) is 17.3 Å². The number of rotatable bonds is 6. The van der Waals surface area contributed by atoms with E-state index in [4.69, 9.17) is 9.88 Å². The molecular weight excluding hydrogens is 440 g/mol. The van der Waals surface area contributed by atoms with Crippen molar-refractivity contribution in [2.45, 2.75) is 37.5 Å². The third kappa shape index (κ3) is 6.55. The van der Waals surface area contributed by atoms with Gasteiger partial charge in [0.05, 0.1) is 12.2 Å². The lowest BCUT2D eigenvalue weighted by Crippen LogP contribution is -2.32. The molecule has 0 heterocycles. The van der Waals surface area contributed by atoms with Gasteiger partial charge in [0, 0.05) is 11.0 Å². The fourth-order valence-corrected chi connectivity index (χ4v) is 4.80. The number of carbonyl (C=O) groups is 1. The van der Waals surface area contributed by atoms with Gasteiger partial charge in [-0.15, -0.1) is 0 Å². The zero-order valence-electron chi connectivity index (χ0n) is 17.6. The Labute approximate surface area is 182 Å². The van der Waals surface area contributed by atoms with Crippen LogP contribution in [0.4, 0.5) is 0 Å². The lowest BCUT2D eigenvalue weighted by Gasteiger charge is -2.12. The Hall–Kier alpha value is -2.87. The van der Waals surface area contributed by atoms with Crippen LogP contribution in [0.3, 0.4) is 0 Å². The molecule has 3 N–H and O–H groups in total. The van der Waals surface area contributed by atoms with Crippen LogP contribution in [-0.2, 0) is 20.0 Å². The minimum Gasteiger partial charge on any atom is -0.493 e. The van der Waals surface area contributed by atoms with Crippen molar-refractivity contribution in [1.82, 2.24) is 4.72 Å². The number of nitrogens with two attached hydrogens (primary N) is 1. The number of amides is 1. The number of sulfonamides is 2. The van der Waals surface area contributed by atoms with E-state index in [1.807, 2.05) is 25.5 Å². The SMILES string of the molecule is CCOc1cc(C(=O)NS(=O)(=O)c2ccccc2S(N)(=O)=O)ccc1C#CC(C)(C)C. The first kappa shape index (κ1) is 24.4. The molecule has 0 atom stereocenters. The van der Waals surface area contributed by atoms with E-state index in [-0.39, 0.29) is 11.0 Å². The predicted molar refractivity (Wildman–Crippen MR) is 116 cm³/mol. The highest BCUT2D eigenvalue weighted by atomic mass is 32.2. The fraction of sp³-hybridized carbons (Fsp3) is 0.286. The van der Waals surface area contributed by atoms with Crippen LogP contribution >= 0.6 is 0 Å².